The van der Waals surface area contributed by atoms with E-state index in [1.165, 1.54) is 0 Å². The number of carbonyl (C=O) groups is 1. The van der Waals surface area contributed by atoms with Crippen molar-refractivity contribution in [1.29, 1.82) is 0 Å². The summed E-state index contributed by atoms with van der Waals surface area (Å²) in [6, 6.07) is 3.90. The number of pyridine rings is 1. The van der Waals surface area contributed by atoms with Crippen LogP contribution >= 0.6 is 0 Å². The Morgan fingerprint density at radius 3 is 2.85 bits per heavy atom. The molecule has 1 amide bonds. The van der Waals surface area contributed by atoms with Gasteiger partial charge in [0.25, 0.3) is 5.91 Å². The lowest BCUT2D eigenvalue weighted by molar-refractivity contribution is -0.00704. The number of aromatic amines is 1. The van der Waals surface area contributed by atoms with E-state index in [-0.39, 0.29) is 24.2 Å². The number of aromatic nitrogens is 3. The van der Waals surface area contributed by atoms with E-state index >= 15 is 0 Å². The molecule has 4 heterocycles. The topological polar surface area (TPSA) is 80.3 Å². The van der Waals surface area contributed by atoms with Crippen molar-refractivity contribution in [3.8, 4) is 5.88 Å². The van der Waals surface area contributed by atoms with Gasteiger partial charge in [-0.05, 0) is 26.8 Å². The van der Waals surface area contributed by atoms with Crippen LogP contribution in [0.3, 0.4) is 0 Å². The highest BCUT2D eigenvalue weighted by Gasteiger charge is 2.33. The van der Waals surface area contributed by atoms with Gasteiger partial charge in [0.2, 0.25) is 5.88 Å². The van der Waals surface area contributed by atoms with Crippen LogP contribution in [0.4, 0.5) is 0 Å². The van der Waals surface area contributed by atoms with Crippen molar-refractivity contribution in [2.24, 2.45) is 0 Å². The van der Waals surface area contributed by atoms with Crippen LogP contribution in [0.1, 0.15) is 60.1 Å². The first-order valence-electron chi connectivity index (χ1n) is 9.63. The average molecular weight is 370 g/mol. The molecule has 0 bridgehead atoms. The number of H-pyrrole nitrogens is 1. The second-order valence-electron chi connectivity index (χ2n) is 7.49. The van der Waals surface area contributed by atoms with Crippen LogP contribution in [0.15, 0.2) is 18.3 Å². The van der Waals surface area contributed by atoms with Crippen LogP contribution in [0.5, 0.6) is 5.88 Å². The quantitative estimate of drug-likeness (QED) is 0.899. The zero-order valence-electron chi connectivity index (χ0n) is 16.1. The molecule has 0 radical (unpaired) electrons. The maximum Gasteiger partial charge on any atom is 0.274 e. The normalized spacial score (nSPS) is 23.1. The van der Waals surface area contributed by atoms with Crippen molar-refractivity contribution < 1.29 is 14.3 Å². The summed E-state index contributed by atoms with van der Waals surface area (Å²) in [5.74, 6) is 0.688. The number of likely N-dealkylation sites (tertiary alicyclic amines) is 1. The minimum absolute atomic E-state index is 0.00117. The van der Waals surface area contributed by atoms with Gasteiger partial charge in [-0.25, -0.2) is 4.98 Å². The highest BCUT2D eigenvalue weighted by atomic mass is 16.5. The molecule has 0 saturated carbocycles. The zero-order chi connectivity index (χ0) is 19.0. The fourth-order valence-electron chi connectivity index (χ4n) is 3.93. The first kappa shape index (κ1) is 18.0. The average Bonchev–Trinajstić information content (AvgIpc) is 3.08. The predicted octanol–water partition coefficient (Wildman–Crippen LogP) is 2.82. The van der Waals surface area contributed by atoms with Gasteiger partial charge in [-0.1, -0.05) is 6.07 Å². The molecular formula is C20H26N4O3. The first-order valence-corrected chi connectivity index (χ1v) is 9.63. The minimum atomic E-state index is -0.0569. The Morgan fingerprint density at radius 1 is 1.33 bits per heavy atom. The van der Waals surface area contributed by atoms with Crippen LogP contribution in [-0.2, 0) is 11.2 Å². The fourth-order valence-corrected chi connectivity index (χ4v) is 3.93. The molecule has 0 aromatic carbocycles. The number of nitrogens with zero attached hydrogens (tertiary/aromatic N) is 3. The summed E-state index contributed by atoms with van der Waals surface area (Å²) in [6.45, 7) is 7.34. The number of rotatable bonds is 3. The summed E-state index contributed by atoms with van der Waals surface area (Å²) in [5.41, 5.74) is 3.52. The Kier molecular flexibility index (Phi) is 4.86. The molecule has 27 heavy (non-hydrogen) atoms. The van der Waals surface area contributed by atoms with E-state index in [1.807, 2.05) is 37.8 Å². The third-order valence-electron chi connectivity index (χ3n) is 5.41. The van der Waals surface area contributed by atoms with Gasteiger partial charge in [-0.3, -0.25) is 9.89 Å². The highest BCUT2D eigenvalue weighted by molar-refractivity contribution is 5.94. The lowest BCUT2D eigenvalue weighted by atomic mass is 9.98. The molecule has 7 heteroatoms. The molecule has 2 aromatic rings. The van der Waals surface area contributed by atoms with Crippen LogP contribution in [0, 0.1) is 6.92 Å². The Bertz CT molecular complexity index is 826. The molecule has 1 fully saturated rings. The Morgan fingerprint density at radius 2 is 2.11 bits per heavy atom. The van der Waals surface area contributed by atoms with Gasteiger partial charge in [0.15, 0.2) is 5.69 Å². The van der Waals surface area contributed by atoms with Gasteiger partial charge in [-0.15, -0.1) is 0 Å². The third kappa shape index (κ3) is 3.56. The number of carbonyl (C=O) groups excluding carboxylic acids is 1. The highest BCUT2D eigenvalue weighted by Crippen LogP contribution is 2.31. The molecule has 2 aromatic heterocycles. The van der Waals surface area contributed by atoms with E-state index in [2.05, 4.69) is 15.2 Å². The standard InChI is InChI=1S/C20H26N4O3/c1-12-5-4-8-21-19(12)27-15-6-9-24(10-7-15)20(25)18-16-11-13(2)26-14(3)17(16)22-23-18/h4-5,8,13-15H,6-7,9-11H2,1-3H3,(H,22,23)/t13-,14+/m1/s1. The molecule has 0 unspecified atom stereocenters. The number of amides is 1. The molecule has 4 rings (SSSR count). The smallest absolute Gasteiger partial charge is 0.274 e. The van der Waals surface area contributed by atoms with Gasteiger partial charge >= 0.3 is 0 Å². The largest absolute Gasteiger partial charge is 0.474 e. The fraction of sp³-hybridized carbons (Fsp3) is 0.550. The number of ether oxygens (including phenoxy) is 2. The second-order valence-corrected chi connectivity index (χ2v) is 7.49. The summed E-state index contributed by atoms with van der Waals surface area (Å²) in [4.78, 5) is 19.2. The Balaban J connectivity index is 1.40. The van der Waals surface area contributed by atoms with E-state index < -0.39 is 0 Å². The lowest BCUT2D eigenvalue weighted by Gasteiger charge is -2.32. The monoisotopic (exact) mass is 370 g/mol. The van der Waals surface area contributed by atoms with E-state index in [4.69, 9.17) is 9.47 Å². The summed E-state index contributed by atoms with van der Waals surface area (Å²) >= 11 is 0. The summed E-state index contributed by atoms with van der Waals surface area (Å²) in [6.07, 6.45) is 4.18. The van der Waals surface area contributed by atoms with E-state index in [0.717, 1.165) is 36.1 Å². The molecule has 2 aliphatic rings. The molecule has 0 spiro atoms. The SMILES string of the molecule is Cc1cccnc1OC1CCN(C(=O)c2n[nH]c3c2C[C@@H](C)O[C@H]3C)CC1. The van der Waals surface area contributed by atoms with Crippen LogP contribution in [0.25, 0.3) is 0 Å². The van der Waals surface area contributed by atoms with Gasteiger partial charge in [0.1, 0.15) is 6.10 Å². The van der Waals surface area contributed by atoms with Crippen molar-refractivity contribution >= 4 is 5.91 Å². The second kappa shape index (κ2) is 7.31. The maximum atomic E-state index is 13.0. The molecule has 1 saturated heterocycles. The molecule has 1 N–H and O–H groups in total. The van der Waals surface area contributed by atoms with Gasteiger partial charge in [0.05, 0.1) is 17.9 Å². The molecule has 2 aliphatic heterocycles. The molecule has 2 atom stereocenters. The van der Waals surface area contributed by atoms with Gasteiger partial charge in [-0.2, -0.15) is 5.10 Å². The van der Waals surface area contributed by atoms with Crippen molar-refractivity contribution in [3.05, 3.63) is 40.8 Å². The summed E-state index contributed by atoms with van der Waals surface area (Å²) in [7, 11) is 0. The molecule has 144 valence electrons. The number of nitrogens with one attached hydrogen (secondary N) is 1. The van der Waals surface area contributed by atoms with Crippen molar-refractivity contribution in [1.82, 2.24) is 20.1 Å². The van der Waals surface area contributed by atoms with E-state index in [1.54, 1.807) is 6.20 Å². The Hall–Kier alpha value is -2.41. The number of piperidine rings is 1. The van der Waals surface area contributed by atoms with Gasteiger partial charge in [0, 0.05) is 49.7 Å². The van der Waals surface area contributed by atoms with Crippen molar-refractivity contribution in [2.75, 3.05) is 13.1 Å². The van der Waals surface area contributed by atoms with Crippen LogP contribution < -0.4 is 4.74 Å². The summed E-state index contributed by atoms with van der Waals surface area (Å²) < 4.78 is 11.8. The van der Waals surface area contributed by atoms with Gasteiger partial charge < -0.3 is 14.4 Å². The third-order valence-corrected chi connectivity index (χ3v) is 5.41. The molecule has 7 nitrogen and oxygen atoms in total. The number of aryl methyl sites for hydroxylation is 1. The Labute approximate surface area is 159 Å². The van der Waals surface area contributed by atoms with Crippen molar-refractivity contribution in [2.45, 2.75) is 58.3 Å². The molecule has 0 aliphatic carbocycles. The van der Waals surface area contributed by atoms with Crippen LogP contribution in [0.2, 0.25) is 0 Å². The number of fused-ring (bicyclic) bond motifs is 1. The summed E-state index contributed by atoms with van der Waals surface area (Å²) in [5, 5.41) is 7.33. The maximum absolute atomic E-state index is 13.0. The van der Waals surface area contributed by atoms with Crippen LogP contribution in [-0.4, -0.2) is 51.3 Å². The van der Waals surface area contributed by atoms with E-state index in [0.29, 0.717) is 24.7 Å². The molecular weight excluding hydrogens is 344 g/mol. The minimum Gasteiger partial charge on any atom is -0.474 e. The predicted molar refractivity (Wildman–Crippen MR) is 99.8 cm³/mol. The van der Waals surface area contributed by atoms with Crippen molar-refractivity contribution in [3.63, 3.8) is 0 Å². The zero-order valence-corrected chi connectivity index (χ0v) is 16.1. The first-order chi connectivity index (χ1) is 13.0. The van der Waals surface area contributed by atoms with E-state index in [9.17, 15) is 4.79 Å². The number of hydrogen-bond donors (Lipinski definition) is 1. The number of hydrogen-bond acceptors (Lipinski definition) is 5. The lowest BCUT2D eigenvalue weighted by Crippen LogP contribution is -2.42.